The van der Waals surface area contributed by atoms with E-state index in [0.29, 0.717) is 5.01 Å². The van der Waals surface area contributed by atoms with E-state index >= 15 is 0 Å². The zero-order valence-corrected chi connectivity index (χ0v) is 10.8. The van der Waals surface area contributed by atoms with Gasteiger partial charge in [-0.1, -0.05) is 6.07 Å². The number of aryl methyl sites for hydroxylation is 1. The molecule has 0 N–H and O–H groups in total. The van der Waals surface area contributed by atoms with E-state index in [1.165, 1.54) is 34.0 Å². The third-order valence-corrected chi connectivity index (χ3v) is 4.75. The number of hydrogen-bond donors (Lipinski definition) is 0. The molecule has 2 aromatic rings. The molecule has 0 radical (unpaired) electrons. The van der Waals surface area contributed by atoms with Crippen LogP contribution in [0.15, 0.2) is 28.5 Å². The maximum absolute atomic E-state index is 8.78. The van der Waals surface area contributed by atoms with Gasteiger partial charge in [-0.15, -0.1) is 23.1 Å². The minimum atomic E-state index is 0.534. The predicted molar refractivity (Wildman–Crippen MR) is 71.3 cm³/mol. The van der Waals surface area contributed by atoms with Gasteiger partial charge in [-0.3, -0.25) is 0 Å². The highest BCUT2D eigenvalue weighted by molar-refractivity contribution is 7.99. The number of rotatable bonds is 1. The Morgan fingerprint density at radius 3 is 3.12 bits per heavy atom. The largest absolute Gasteiger partial charge is 0.226 e. The lowest BCUT2D eigenvalue weighted by atomic mass is 10.0. The average molecular weight is 258 g/mol. The summed E-state index contributed by atoms with van der Waals surface area (Å²) in [7, 11) is 0. The molecule has 3 rings (SSSR count). The summed E-state index contributed by atoms with van der Waals surface area (Å²) in [5.41, 5.74) is 3.47. The summed E-state index contributed by atoms with van der Waals surface area (Å²) >= 11 is 3.34. The lowest BCUT2D eigenvalue weighted by Gasteiger charge is -2.15. The Labute approximate surface area is 108 Å². The van der Waals surface area contributed by atoms with Crippen molar-refractivity contribution < 1.29 is 0 Å². The molecule has 17 heavy (non-hydrogen) atoms. The Balaban J connectivity index is 2.01. The van der Waals surface area contributed by atoms with E-state index in [9.17, 15) is 0 Å². The fourth-order valence-corrected chi connectivity index (χ4v) is 3.61. The van der Waals surface area contributed by atoms with Gasteiger partial charge in [0.15, 0.2) is 5.01 Å². The minimum Gasteiger partial charge on any atom is -0.226 e. The SMILES string of the molecule is N#Cc1nc(-c2ccc3c(c2)CCCS3)cs1. The van der Waals surface area contributed by atoms with Gasteiger partial charge in [-0.2, -0.15) is 5.26 Å². The first kappa shape index (κ1) is 10.8. The molecule has 84 valence electrons. The molecule has 0 unspecified atom stereocenters. The van der Waals surface area contributed by atoms with Crippen LogP contribution in [0, 0.1) is 11.3 Å². The van der Waals surface area contributed by atoms with E-state index < -0.39 is 0 Å². The molecule has 0 saturated carbocycles. The summed E-state index contributed by atoms with van der Waals surface area (Å²) in [5.74, 6) is 1.22. The van der Waals surface area contributed by atoms with Crippen molar-refractivity contribution in [2.45, 2.75) is 17.7 Å². The summed E-state index contributed by atoms with van der Waals surface area (Å²) in [6.45, 7) is 0. The highest BCUT2D eigenvalue weighted by Crippen LogP contribution is 2.33. The molecule has 2 nitrogen and oxygen atoms in total. The third kappa shape index (κ3) is 2.08. The Kier molecular flexibility index (Phi) is 2.87. The molecule has 1 aromatic heterocycles. The van der Waals surface area contributed by atoms with E-state index in [1.54, 1.807) is 0 Å². The van der Waals surface area contributed by atoms with Gasteiger partial charge in [-0.25, -0.2) is 4.98 Å². The monoisotopic (exact) mass is 258 g/mol. The summed E-state index contributed by atoms with van der Waals surface area (Å²) in [4.78, 5) is 5.70. The Bertz CT molecular complexity index is 596. The number of hydrogen-bond acceptors (Lipinski definition) is 4. The van der Waals surface area contributed by atoms with Gasteiger partial charge in [-0.05, 0) is 36.3 Å². The van der Waals surface area contributed by atoms with E-state index in [1.807, 2.05) is 17.1 Å². The lowest BCUT2D eigenvalue weighted by molar-refractivity contribution is 0.890. The van der Waals surface area contributed by atoms with Crippen LogP contribution in [0.5, 0.6) is 0 Å². The summed E-state index contributed by atoms with van der Waals surface area (Å²) < 4.78 is 0. The first-order chi connectivity index (χ1) is 8.36. The second-order valence-electron chi connectivity index (χ2n) is 3.92. The molecule has 1 aliphatic heterocycles. The highest BCUT2D eigenvalue weighted by atomic mass is 32.2. The number of nitrogens with zero attached hydrogens (tertiary/aromatic N) is 2. The molecule has 0 amide bonds. The Morgan fingerprint density at radius 2 is 2.29 bits per heavy atom. The second-order valence-corrected chi connectivity index (χ2v) is 5.92. The smallest absolute Gasteiger partial charge is 0.194 e. The van der Waals surface area contributed by atoms with Crippen LogP contribution in [0.25, 0.3) is 11.3 Å². The zero-order valence-electron chi connectivity index (χ0n) is 9.14. The van der Waals surface area contributed by atoms with Crippen molar-refractivity contribution in [3.63, 3.8) is 0 Å². The lowest BCUT2D eigenvalue weighted by Crippen LogP contribution is -1.98. The molecule has 0 spiro atoms. The van der Waals surface area contributed by atoms with Crippen molar-refractivity contribution >= 4 is 23.1 Å². The van der Waals surface area contributed by atoms with Crippen LogP contribution in [0.3, 0.4) is 0 Å². The summed E-state index contributed by atoms with van der Waals surface area (Å²) in [6.07, 6.45) is 2.41. The van der Waals surface area contributed by atoms with Crippen molar-refractivity contribution in [2.75, 3.05) is 5.75 Å². The highest BCUT2D eigenvalue weighted by Gasteiger charge is 2.12. The molecule has 0 bridgehead atoms. The van der Waals surface area contributed by atoms with Crippen LogP contribution in [0.4, 0.5) is 0 Å². The molecule has 1 aliphatic rings. The van der Waals surface area contributed by atoms with Crippen molar-refractivity contribution in [3.8, 4) is 17.3 Å². The molecule has 0 fully saturated rings. The Hall–Kier alpha value is -1.31. The number of thiazole rings is 1. The van der Waals surface area contributed by atoms with E-state index in [0.717, 1.165) is 17.7 Å². The van der Waals surface area contributed by atoms with Crippen LogP contribution in [-0.4, -0.2) is 10.7 Å². The van der Waals surface area contributed by atoms with Crippen LogP contribution in [0.2, 0.25) is 0 Å². The maximum Gasteiger partial charge on any atom is 0.194 e. The molecule has 0 saturated heterocycles. The summed E-state index contributed by atoms with van der Waals surface area (Å²) in [5, 5.41) is 11.3. The first-order valence-corrected chi connectivity index (χ1v) is 7.35. The zero-order chi connectivity index (χ0) is 11.7. The van der Waals surface area contributed by atoms with Crippen molar-refractivity contribution in [2.24, 2.45) is 0 Å². The van der Waals surface area contributed by atoms with Crippen LogP contribution in [-0.2, 0) is 6.42 Å². The van der Waals surface area contributed by atoms with Gasteiger partial charge >= 0.3 is 0 Å². The van der Waals surface area contributed by atoms with E-state index in [-0.39, 0.29) is 0 Å². The average Bonchev–Trinajstić information content (AvgIpc) is 2.87. The van der Waals surface area contributed by atoms with E-state index in [2.05, 4.69) is 29.3 Å². The molecule has 4 heteroatoms. The fraction of sp³-hybridized carbons (Fsp3) is 0.231. The molecular weight excluding hydrogens is 248 g/mol. The number of fused-ring (bicyclic) bond motifs is 1. The Morgan fingerprint density at radius 1 is 1.35 bits per heavy atom. The van der Waals surface area contributed by atoms with Gasteiger partial charge in [0, 0.05) is 15.8 Å². The van der Waals surface area contributed by atoms with E-state index in [4.69, 9.17) is 5.26 Å². The molecular formula is C13H10N2S2. The number of benzene rings is 1. The normalized spacial score (nSPS) is 14.1. The molecule has 1 aromatic carbocycles. The maximum atomic E-state index is 8.78. The van der Waals surface area contributed by atoms with Gasteiger partial charge in [0.2, 0.25) is 0 Å². The molecule has 2 heterocycles. The quantitative estimate of drug-likeness (QED) is 0.782. The second kappa shape index (κ2) is 4.52. The number of thioether (sulfide) groups is 1. The van der Waals surface area contributed by atoms with Crippen LogP contribution >= 0.6 is 23.1 Å². The standard InChI is InChI=1S/C13H10N2S2/c14-7-13-15-11(8-17-13)9-3-4-12-10(6-9)2-1-5-16-12/h3-4,6,8H,1-2,5H2. The number of aromatic nitrogens is 1. The van der Waals surface area contributed by atoms with Gasteiger partial charge in [0.1, 0.15) is 6.07 Å². The van der Waals surface area contributed by atoms with Crippen LogP contribution in [0.1, 0.15) is 17.0 Å². The van der Waals surface area contributed by atoms with Gasteiger partial charge < -0.3 is 0 Å². The van der Waals surface area contributed by atoms with Crippen molar-refractivity contribution in [1.82, 2.24) is 4.98 Å². The predicted octanol–water partition coefficient (Wildman–Crippen LogP) is 3.72. The van der Waals surface area contributed by atoms with Gasteiger partial charge in [0.25, 0.3) is 0 Å². The fourth-order valence-electron chi connectivity index (χ4n) is 1.98. The van der Waals surface area contributed by atoms with Gasteiger partial charge in [0.05, 0.1) is 5.69 Å². The van der Waals surface area contributed by atoms with Crippen LogP contribution < -0.4 is 0 Å². The number of nitriles is 1. The van der Waals surface area contributed by atoms with Crippen molar-refractivity contribution in [1.29, 1.82) is 5.26 Å². The topological polar surface area (TPSA) is 36.7 Å². The first-order valence-electron chi connectivity index (χ1n) is 5.48. The molecule has 0 atom stereocenters. The van der Waals surface area contributed by atoms with Crippen molar-refractivity contribution in [3.05, 3.63) is 34.2 Å². The minimum absolute atomic E-state index is 0.534. The molecule has 0 aliphatic carbocycles. The summed E-state index contributed by atoms with van der Waals surface area (Å²) in [6, 6.07) is 8.59. The third-order valence-electron chi connectivity index (χ3n) is 2.80.